The molecule has 1 heterocycles. The van der Waals surface area contributed by atoms with Gasteiger partial charge in [0.1, 0.15) is 6.04 Å². The van der Waals surface area contributed by atoms with E-state index in [9.17, 15) is 9.59 Å². The van der Waals surface area contributed by atoms with Crippen LogP contribution in [0.5, 0.6) is 0 Å². The molecule has 1 aliphatic heterocycles. The number of benzene rings is 2. The maximum atomic E-state index is 12.8. The Morgan fingerprint density at radius 3 is 2.46 bits per heavy atom. The van der Waals surface area contributed by atoms with Gasteiger partial charge in [-0.2, -0.15) is 0 Å². The maximum Gasteiger partial charge on any atom is 0.243 e. The van der Waals surface area contributed by atoms with Crippen molar-refractivity contribution in [2.75, 3.05) is 11.6 Å². The molecule has 0 saturated carbocycles. The number of thioether (sulfide) groups is 1. The van der Waals surface area contributed by atoms with E-state index in [2.05, 4.69) is 12.2 Å². The molecule has 0 aromatic heterocycles. The molecule has 1 N–H and O–H groups in total. The molecule has 2 atom stereocenters. The highest BCUT2D eigenvalue weighted by Gasteiger charge is 2.34. The van der Waals surface area contributed by atoms with Crippen LogP contribution in [0.4, 0.5) is 0 Å². The smallest absolute Gasteiger partial charge is 0.243 e. The highest BCUT2D eigenvalue weighted by molar-refractivity contribution is 7.99. The zero-order valence-corrected chi connectivity index (χ0v) is 15.7. The minimum absolute atomic E-state index is 0.0474. The first kappa shape index (κ1) is 18.5. The molecular weight excluding hydrogens is 344 g/mol. The van der Waals surface area contributed by atoms with Gasteiger partial charge in [0.25, 0.3) is 0 Å². The lowest BCUT2D eigenvalue weighted by atomic mass is 9.97. The van der Waals surface area contributed by atoms with Gasteiger partial charge in [0.05, 0.1) is 5.88 Å². The van der Waals surface area contributed by atoms with Crippen LogP contribution >= 0.6 is 11.8 Å². The number of hydrogen-bond acceptors (Lipinski definition) is 3. The summed E-state index contributed by atoms with van der Waals surface area (Å²) in [6.07, 6.45) is 0.424. The number of rotatable bonds is 6. The molecule has 5 heteroatoms. The summed E-state index contributed by atoms with van der Waals surface area (Å²) in [6, 6.07) is 19.5. The third-order valence-electron chi connectivity index (χ3n) is 4.66. The van der Waals surface area contributed by atoms with E-state index in [1.54, 1.807) is 16.7 Å². The van der Waals surface area contributed by atoms with Crippen LogP contribution in [0.1, 0.15) is 30.4 Å². The standard InChI is InChI=1S/C21H24N2O2S/c1-16(18-10-6-3-7-11-18)12-20(24)23-15-26-14-19(23)21(25)22-13-17-8-4-2-5-9-17/h2-11,16,19H,12-15H2,1H3,(H,22,25)/t16-,19+/m0/s1. The van der Waals surface area contributed by atoms with Gasteiger partial charge in [-0.1, -0.05) is 67.6 Å². The number of amides is 2. The Morgan fingerprint density at radius 1 is 1.12 bits per heavy atom. The summed E-state index contributed by atoms with van der Waals surface area (Å²) < 4.78 is 0. The summed E-state index contributed by atoms with van der Waals surface area (Å²) in [7, 11) is 0. The van der Waals surface area contributed by atoms with Crippen LogP contribution in [0, 0.1) is 0 Å². The molecule has 3 rings (SSSR count). The van der Waals surface area contributed by atoms with Crippen molar-refractivity contribution in [3.8, 4) is 0 Å². The number of carbonyl (C=O) groups excluding carboxylic acids is 2. The Kier molecular flexibility index (Phi) is 6.34. The molecule has 1 aliphatic rings. The largest absolute Gasteiger partial charge is 0.350 e. The van der Waals surface area contributed by atoms with Crippen LogP contribution in [0.25, 0.3) is 0 Å². The van der Waals surface area contributed by atoms with Gasteiger partial charge >= 0.3 is 0 Å². The van der Waals surface area contributed by atoms with E-state index >= 15 is 0 Å². The second-order valence-electron chi connectivity index (χ2n) is 6.60. The number of nitrogens with zero attached hydrogens (tertiary/aromatic N) is 1. The van der Waals surface area contributed by atoms with E-state index in [1.807, 2.05) is 60.7 Å². The fourth-order valence-corrected chi connectivity index (χ4v) is 4.27. The molecule has 2 aromatic rings. The zero-order valence-electron chi connectivity index (χ0n) is 14.9. The Morgan fingerprint density at radius 2 is 1.77 bits per heavy atom. The van der Waals surface area contributed by atoms with Crippen LogP contribution in [0.3, 0.4) is 0 Å². The topological polar surface area (TPSA) is 49.4 Å². The van der Waals surface area contributed by atoms with Crippen LogP contribution < -0.4 is 5.32 Å². The molecule has 26 heavy (non-hydrogen) atoms. The predicted molar refractivity (Wildman–Crippen MR) is 106 cm³/mol. The molecule has 2 amide bonds. The Balaban J connectivity index is 1.56. The van der Waals surface area contributed by atoms with E-state index in [-0.39, 0.29) is 23.8 Å². The van der Waals surface area contributed by atoms with Crippen molar-refractivity contribution < 1.29 is 9.59 Å². The third kappa shape index (κ3) is 4.67. The summed E-state index contributed by atoms with van der Waals surface area (Å²) in [5.74, 6) is 1.36. The quantitative estimate of drug-likeness (QED) is 0.850. The fraction of sp³-hybridized carbons (Fsp3) is 0.333. The van der Waals surface area contributed by atoms with Gasteiger partial charge in [0, 0.05) is 18.7 Å². The highest BCUT2D eigenvalue weighted by atomic mass is 32.2. The molecule has 4 nitrogen and oxygen atoms in total. The van der Waals surface area contributed by atoms with Crippen LogP contribution in [-0.4, -0.2) is 34.4 Å². The minimum atomic E-state index is -0.376. The first-order valence-electron chi connectivity index (χ1n) is 8.89. The second kappa shape index (κ2) is 8.90. The molecule has 2 aromatic carbocycles. The normalized spacial score (nSPS) is 17.7. The van der Waals surface area contributed by atoms with Crippen LogP contribution in [0.15, 0.2) is 60.7 Å². The predicted octanol–water partition coefficient (Wildman–Crippen LogP) is 3.40. The van der Waals surface area contributed by atoms with Gasteiger partial charge < -0.3 is 10.2 Å². The fourth-order valence-electron chi connectivity index (χ4n) is 3.09. The molecular formula is C21H24N2O2S. The SMILES string of the molecule is C[C@@H](CC(=O)N1CSC[C@@H]1C(=O)NCc1ccccc1)c1ccccc1. The Bertz CT molecular complexity index is 736. The summed E-state index contributed by atoms with van der Waals surface area (Å²) in [5, 5.41) is 2.96. The van der Waals surface area contributed by atoms with E-state index in [4.69, 9.17) is 0 Å². The molecule has 0 spiro atoms. The average molecular weight is 369 g/mol. The van der Waals surface area contributed by atoms with Crippen molar-refractivity contribution in [2.24, 2.45) is 0 Å². The van der Waals surface area contributed by atoms with Crippen molar-refractivity contribution in [1.29, 1.82) is 0 Å². The van der Waals surface area contributed by atoms with E-state index in [0.29, 0.717) is 24.6 Å². The van der Waals surface area contributed by atoms with Crippen molar-refractivity contribution in [3.63, 3.8) is 0 Å². The zero-order chi connectivity index (χ0) is 18.4. The minimum Gasteiger partial charge on any atom is -0.350 e. The van der Waals surface area contributed by atoms with E-state index in [1.165, 1.54) is 0 Å². The first-order valence-corrected chi connectivity index (χ1v) is 10.0. The third-order valence-corrected chi connectivity index (χ3v) is 5.68. The van der Waals surface area contributed by atoms with Crippen LogP contribution in [0.2, 0.25) is 0 Å². The lowest BCUT2D eigenvalue weighted by Crippen LogP contribution is -2.47. The lowest BCUT2D eigenvalue weighted by molar-refractivity contribution is -0.138. The van der Waals surface area contributed by atoms with E-state index < -0.39 is 0 Å². The van der Waals surface area contributed by atoms with Gasteiger partial charge in [-0.15, -0.1) is 11.8 Å². The monoisotopic (exact) mass is 368 g/mol. The average Bonchev–Trinajstić information content (AvgIpc) is 3.17. The van der Waals surface area contributed by atoms with Crippen LogP contribution in [-0.2, 0) is 16.1 Å². The van der Waals surface area contributed by atoms with Crippen molar-refractivity contribution in [1.82, 2.24) is 10.2 Å². The Hall–Kier alpha value is -2.27. The molecule has 0 aliphatic carbocycles. The first-order chi connectivity index (χ1) is 12.6. The molecule has 0 radical (unpaired) electrons. The lowest BCUT2D eigenvalue weighted by Gasteiger charge is -2.24. The number of hydrogen-bond donors (Lipinski definition) is 1. The van der Waals surface area contributed by atoms with Gasteiger partial charge in [0.15, 0.2) is 0 Å². The summed E-state index contributed by atoms with van der Waals surface area (Å²) in [5.41, 5.74) is 2.21. The van der Waals surface area contributed by atoms with Crippen molar-refractivity contribution in [3.05, 3.63) is 71.8 Å². The molecule has 0 bridgehead atoms. The Labute approximate surface area is 159 Å². The highest BCUT2D eigenvalue weighted by Crippen LogP contribution is 2.26. The summed E-state index contributed by atoms with van der Waals surface area (Å²) in [6.45, 7) is 2.55. The van der Waals surface area contributed by atoms with Gasteiger partial charge in [-0.3, -0.25) is 9.59 Å². The summed E-state index contributed by atoms with van der Waals surface area (Å²) in [4.78, 5) is 27.0. The van der Waals surface area contributed by atoms with Gasteiger partial charge in [-0.05, 0) is 17.0 Å². The molecule has 1 saturated heterocycles. The van der Waals surface area contributed by atoms with Crippen molar-refractivity contribution >= 4 is 23.6 Å². The maximum absolute atomic E-state index is 12.8. The van der Waals surface area contributed by atoms with Gasteiger partial charge in [-0.25, -0.2) is 0 Å². The molecule has 0 unspecified atom stereocenters. The number of carbonyl (C=O) groups is 2. The number of nitrogens with one attached hydrogen (secondary N) is 1. The summed E-state index contributed by atoms with van der Waals surface area (Å²) >= 11 is 1.64. The van der Waals surface area contributed by atoms with E-state index in [0.717, 1.165) is 11.1 Å². The second-order valence-corrected chi connectivity index (χ2v) is 7.60. The molecule has 136 valence electrons. The van der Waals surface area contributed by atoms with Crippen molar-refractivity contribution in [2.45, 2.75) is 31.8 Å². The molecule has 1 fully saturated rings. The van der Waals surface area contributed by atoms with Gasteiger partial charge in [0.2, 0.25) is 11.8 Å².